The molecule has 134 valence electrons. The average Bonchev–Trinajstić information content (AvgIpc) is 2.52. The van der Waals surface area contributed by atoms with Gasteiger partial charge in [0.05, 0.1) is 32.7 Å². The van der Waals surface area contributed by atoms with Crippen LogP contribution in [0.5, 0.6) is 0 Å². The van der Waals surface area contributed by atoms with E-state index in [0.717, 1.165) is 0 Å². The highest BCUT2D eigenvalue weighted by atomic mass is 16.2. The number of nitrogens with one attached hydrogen (secondary N) is 5. The van der Waals surface area contributed by atoms with Crippen molar-refractivity contribution in [1.29, 1.82) is 0 Å². The third-order valence-electron chi connectivity index (χ3n) is 2.30. The van der Waals surface area contributed by atoms with Gasteiger partial charge in [0.1, 0.15) is 0 Å². The van der Waals surface area contributed by atoms with Gasteiger partial charge in [-0.3, -0.25) is 28.8 Å². The van der Waals surface area contributed by atoms with E-state index >= 15 is 0 Å². The maximum Gasteiger partial charge on any atom is 0.239 e. The second kappa shape index (κ2) is 11.4. The van der Waals surface area contributed by atoms with Gasteiger partial charge in [-0.2, -0.15) is 0 Å². The molecule has 0 radical (unpaired) electrons. The molecule has 6 amide bonds. The highest BCUT2D eigenvalue weighted by Gasteiger charge is 2.09. The molecule has 0 aromatic rings. The molecule has 12 nitrogen and oxygen atoms in total. The van der Waals surface area contributed by atoms with E-state index in [1.54, 1.807) is 0 Å². The smallest absolute Gasteiger partial charge is 0.239 e. The number of amides is 6. The van der Waals surface area contributed by atoms with E-state index in [9.17, 15) is 28.8 Å². The summed E-state index contributed by atoms with van der Waals surface area (Å²) >= 11 is 0. The van der Waals surface area contributed by atoms with Gasteiger partial charge < -0.3 is 32.3 Å². The van der Waals surface area contributed by atoms with Crippen LogP contribution >= 0.6 is 0 Å². The van der Waals surface area contributed by atoms with Crippen molar-refractivity contribution in [2.24, 2.45) is 5.73 Å². The largest absolute Gasteiger partial charge is 0.368 e. The van der Waals surface area contributed by atoms with Crippen LogP contribution in [0.2, 0.25) is 0 Å². The first kappa shape index (κ1) is 20.8. The Bertz CT molecular complexity index is 474. The van der Waals surface area contributed by atoms with Crippen molar-refractivity contribution in [3.63, 3.8) is 0 Å². The van der Waals surface area contributed by atoms with Gasteiger partial charge in [0.25, 0.3) is 0 Å². The lowest BCUT2D eigenvalue weighted by Gasteiger charge is -2.08. The van der Waals surface area contributed by atoms with Crippen LogP contribution in [0.3, 0.4) is 0 Å². The molecule has 24 heavy (non-hydrogen) atoms. The number of primary amides is 1. The van der Waals surface area contributed by atoms with Crippen LogP contribution in [0.1, 0.15) is 6.92 Å². The molecule has 0 unspecified atom stereocenters. The van der Waals surface area contributed by atoms with Gasteiger partial charge in [-0.05, 0) is 0 Å². The second-order valence-electron chi connectivity index (χ2n) is 4.48. The number of hydrogen-bond acceptors (Lipinski definition) is 6. The van der Waals surface area contributed by atoms with Crippen molar-refractivity contribution in [3.05, 3.63) is 0 Å². The van der Waals surface area contributed by atoms with Crippen LogP contribution in [0.4, 0.5) is 0 Å². The van der Waals surface area contributed by atoms with Crippen LogP contribution in [-0.4, -0.2) is 68.2 Å². The fourth-order valence-electron chi connectivity index (χ4n) is 1.18. The number of carbonyl (C=O) groups excluding carboxylic acids is 6. The standard InChI is InChI=1S/C12H20N6O6/c1-7(19)14-3-9(21)16-5-11(23)18-6-12(24)17-4-10(22)15-2-8(13)20/h2-6H2,1H3,(H2,13,20)(H,14,19)(H,15,22)(H,16,21)(H,17,24)(H,18,23). The quantitative estimate of drug-likeness (QED) is 0.230. The first-order valence-corrected chi connectivity index (χ1v) is 6.80. The van der Waals surface area contributed by atoms with Crippen molar-refractivity contribution in [2.45, 2.75) is 6.92 Å². The topological polar surface area (TPSA) is 189 Å². The minimum atomic E-state index is -0.720. The summed E-state index contributed by atoms with van der Waals surface area (Å²) in [4.78, 5) is 66.2. The highest BCUT2D eigenvalue weighted by molar-refractivity contribution is 5.91. The van der Waals surface area contributed by atoms with Crippen molar-refractivity contribution in [2.75, 3.05) is 32.7 Å². The molecule has 0 aromatic carbocycles. The van der Waals surface area contributed by atoms with Crippen molar-refractivity contribution in [3.8, 4) is 0 Å². The normalized spacial score (nSPS) is 9.38. The number of rotatable bonds is 10. The Morgan fingerprint density at radius 3 is 1.17 bits per heavy atom. The summed E-state index contributed by atoms with van der Waals surface area (Å²) in [6.07, 6.45) is 0. The minimum Gasteiger partial charge on any atom is -0.368 e. The maximum atomic E-state index is 11.4. The van der Waals surface area contributed by atoms with Crippen molar-refractivity contribution in [1.82, 2.24) is 26.6 Å². The average molecular weight is 344 g/mol. The lowest BCUT2D eigenvalue weighted by atomic mass is 10.4. The zero-order valence-electron chi connectivity index (χ0n) is 13.1. The monoisotopic (exact) mass is 344 g/mol. The molecule has 0 aliphatic rings. The minimum absolute atomic E-state index is 0.260. The van der Waals surface area contributed by atoms with Crippen molar-refractivity contribution < 1.29 is 28.8 Å². The van der Waals surface area contributed by atoms with E-state index in [1.165, 1.54) is 6.92 Å². The Kier molecular flexibility index (Phi) is 9.89. The summed E-state index contributed by atoms with van der Waals surface area (Å²) in [6, 6.07) is 0. The van der Waals surface area contributed by atoms with E-state index in [1.807, 2.05) is 0 Å². The fraction of sp³-hybridized carbons (Fsp3) is 0.500. The van der Waals surface area contributed by atoms with Gasteiger partial charge in [0, 0.05) is 6.92 Å². The molecule has 0 spiro atoms. The van der Waals surface area contributed by atoms with Gasteiger partial charge in [-0.1, -0.05) is 0 Å². The molecule has 0 rings (SSSR count). The van der Waals surface area contributed by atoms with Crippen LogP contribution in [-0.2, 0) is 28.8 Å². The summed E-state index contributed by atoms with van der Waals surface area (Å²) in [5, 5.41) is 11.1. The highest BCUT2D eigenvalue weighted by Crippen LogP contribution is 1.71. The molecule has 0 heterocycles. The van der Waals surface area contributed by atoms with Gasteiger partial charge in [-0.15, -0.1) is 0 Å². The fourth-order valence-corrected chi connectivity index (χ4v) is 1.18. The van der Waals surface area contributed by atoms with Crippen LogP contribution < -0.4 is 32.3 Å². The van der Waals surface area contributed by atoms with E-state index < -0.39 is 36.1 Å². The molecule has 0 atom stereocenters. The second-order valence-corrected chi connectivity index (χ2v) is 4.48. The first-order chi connectivity index (χ1) is 11.2. The summed E-state index contributed by atoms with van der Waals surface area (Å²) in [5.41, 5.74) is 4.82. The zero-order chi connectivity index (χ0) is 18.5. The van der Waals surface area contributed by atoms with E-state index in [2.05, 4.69) is 26.6 Å². The molecule has 0 aliphatic heterocycles. The third kappa shape index (κ3) is 12.6. The predicted molar refractivity (Wildman–Crippen MR) is 79.9 cm³/mol. The molecule has 0 fully saturated rings. The predicted octanol–water partition coefficient (Wildman–Crippen LogP) is -4.93. The Hall–Kier alpha value is -3.18. The summed E-state index contributed by atoms with van der Waals surface area (Å²) in [7, 11) is 0. The van der Waals surface area contributed by atoms with E-state index in [0.29, 0.717) is 0 Å². The van der Waals surface area contributed by atoms with Crippen LogP contribution in [0.15, 0.2) is 0 Å². The Morgan fingerprint density at radius 1 is 0.583 bits per heavy atom. The molecule has 0 saturated carbocycles. The first-order valence-electron chi connectivity index (χ1n) is 6.80. The van der Waals surface area contributed by atoms with E-state index in [4.69, 9.17) is 5.73 Å². The Morgan fingerprint density at radius 2 is 0.875 bits per heavy atom. The number of hydrogen-bond donors (Lipinski definition) is 6. The van der Waals surface area contributed by atoms with Gasteiger partial charge >= 0.3 is 0 Å². The van der Waals surface area contributed by atoms with Gasteiger partial charge in [0.2, 0.25) is 35.4 Å². The van der Waals surface area contributed by atoms with Crippen LogP contribution in [0.25, 0.3) is 0 Å². The van der Waals surface area contributed by atoms with Gasteiger partial charge in [0.15, 0.2) is 0 Å². The molecule has 7 N–H and O–H groups in total. The zero-order valence-corrected chi connectivity index (χ0v) is 13.1. The number of carbonyl (C=O) groups is 6. The molecule has 0 aliphatic carbocycles. The van der Waals surface area contributed by atoms with Crippen LogP contribution in [0, 0.1) is 0 Å². The Balaban J connectivity index is 3.80. The molecule has 0 saturated heterocycles. The molecular weight excluding hydrogens is 324 g/mol. The summed E-state index contributed by atoms with van der Waals surface area (Å²) in [5.74, 6) is -3.54. The number of nitrogens with two attached hydrogens (primary N) is 1. The van der Waals surface area contributed by atoms with E-state index in [-0.39, 0.29) is 32.1 Å². The molecule has 12 heteroatoms. The molecule has 0 aromatic heterocycles. The summed E-state index contributed by atoms with van der Waals surface area (Å²) in [6.45, 7) is -0.510. The SMILES string of the molecule is CC(=O)NCC(=O)NCC(=O)NCC(=O)NCC(=O)NCC(N)=O. The summed E-state index contributed by atoms with van der Waals surface area (Å²) < 4.78 is 0. The molecule has 0 bridgehead atoms. The Labute approximate surface area is 137 Å². The maximum absolute atomic E-state index is 11.4. The lowest BCUT2D eigenvalue weighted by Crippen LogP contribution is -2.46. The molecular formula is C12H20N6O6. The third-order valence-corrected chi connectivity index (χ3v) is 2.30. The lowest BCUT2D eigenvalue weighted by molar-refractivity contribution is -0.129. The van der Waals surface area contributed by atoms with Crippen molar-refractivity contribution >= 4 is 35.4 Å². The van der Waals surface area contributed by atoms with Gasteiger partial charge in [-0.25, -0.2) is 0 Å².